The lowest BCUT2D eigenvalue weighted by Crippen LogP contribution is -2.53. The summed E-state index contributed by atoms with van der Waals surface area (Å²) in [6.07, 6.45) is 2.89. The molecule has 2 N–H and O–H groups in total. The van der Waals surface area contributed by atoms with Crippen molar-refractivity contribution in [3.8, 4) is 0 Å². The van der Waals surface area contributed by atoms with Crippen LogP contribution in [0, 0.1) is 17.3 Å². The Kier molecular flexibility index (Phi) is 4.07. The SMILES string of the molecule is C=C(C(=O)OC)[C@H]1CC[C@]2(C)[C@H](O)CC=C(C)[C@H]2[C@@H]1O. The highest BCUT2D eigenvalue weighted by Gasteiger charge is 2.52. The van der Waals surface area contributed by atoms with Gasteiger partial charge < -0.3 is 14.9 Å². The lowest BCUT2D eigenvalue weighted by molar-refractivity contribution is -0.139. The molecule has 0 saturated heterocycles. The molecular formula is C16H24O4. The highest BCUT2D eigenvalue weighted by Crippen LogP contribution is 2.53. The van der Waals surface area contributed by atoms with Crippen LogP contribution in [0.5, 0.6) is 0 Å². The fourth-order valence-electron chi connectivity index (χ4n) is 3.94. The molecule has 0 aromatic heterocycles. The molecule has 0 aromatic carbocycles. The van der Waals surface area contributed by atoms with Crippen LogP contribution < -0.4 is 0 Å². The van der Waals surface area contributed by atoms with Gasteiger partial charge in [-0.2, -0.15) is 0 Å². The van der Waals surface area contributed by atoms with Gasteiger partial charge >= 0.3 is 5.97 Å². The summed E-state index contributed by atoms with van der Waals surface area (Å²) in [5.41, 5.74) is 1.09. The summed E-state index contributed by atoms with van der Waals surface area (Å²) in [6.45, 7) is 7.80. The van der Waals surface area contributed by atoms with Gasteiger partial charge in [-0.3, -0.25) is 0 Å². The molecule has 0 heterocycles. The molecule has 0 aromatic rings. The van der Waals surface area contributed by atoms with Crippen molar-refractivity contribution in [2.75, 3.05) is 7.11 Å². The van der Waals surface area contributed by atoms with Crippen molar-refractivity contribution in [3.05, 3.63) is 23.8 Å². The van der Waals surface area contributed by atoms with Gasteiger partial charge in [0.25, 0.3) is 0 Å². The van der Waals surface area contributed by atoms with E-state index in [0.29, 0.717) is 18.4 Å². The molecule has 5 atom stereocenters. The maximum absolute atomic E-state index is 11.6. The molecule has 1 fully saturated rings. The van der Waals surface area contributed by atoms with E-state index in [-0.39, 0.29) is 17.3 Å². The number of esters is 1. The van der Waals surface area contributed by atoms with E-state index in [1.54, 1.807) is 0 Å². The van der Waals surface area contributed by atoms with Crippen LogP contribution in [0.3, 0.4) is 0 Å². The van der Waals surface area contributed by atoms with Crippen molar-refractivity contribution in [3.63, 3.8) is 0 Å². The predicted molar refractivity (Wildman–Crippen MR) is 75.9 cm³/mol. The van der Waals surface area contributed by atoms with Crippen LogP contribution >= 0.6 is 0 Å². The van der Waals surface area contributed by atoms with Crippen molar-refractivity contribution < 1.29 is 19.7 Å². The Morgan fingerprint density at radius 3 is 2.75 bits per heavy atom. The van der Waals surface area contributed by atoms with Crippen molar-refractivity contribution >= 4 is 5.97 Å². The molecule has 4 heteroatoms. The summed E-state index contributed by atoms with van der Waals surface area (Å²) >= 11 is 0. The number of methoxy groups -OCH3 is 1. The molecule has 0 unspecified atom stereocenters. The van der Waals surface area contributed by atoms with Gasteiger partial charge in [-0.05, 0) is 26.2 Å². The Morgan fingerprint density at radius 2 is 2.15 bits per heavy atom. The fraction of sp³-hybridized carbons (Fsp3) is 0.688. The Labute approximate surface area is 120 Å². The van der Waals surface area contributed by atoms with Gasteiger partial charge in [0.05, 0.1) is 19.3 Å². The van der Waals surface area contributed by atoms with E-state index in [1.807, 2.05) is 19.9 Å². The second kappa shape index (κ2) is 5.34. The van der Waals surface area contributed by atoms with Crippen LogP contribution in [0.15, 0.2) is 23.8 Å². The van der Waals surface area contributed by atoms with E-state index in [4.69, 9.17) is 4.74 Å². The monoisotopic (exact) mass is 280 g/mol. The number of ether oxygens (including phenoxy) is 1. The van der Waals surface area contributed by atoms with E-state index in [0.717, 1.165) is 12.0 Å². The van der Waals surface area contributed by atoms with Gasteiger partial charge in [-0.15, -0.1) is 0 Å². The summed E-state index contributed by atoms with van der Waals surface area (Å²) in [4.78, 5) is 11.6. The maximum atomic E-state index is 11.6. The molecule has 112 valence electrons. The summed E-state index contributed by atoms with van der Waals surface area (Å²) in [7, 11) is 1.32. The molecule has 2 aliphatic carbocycles. The minimum absolute atomic E-state index is 0.133. The Balaban J connectivity index is 2.30. The van der Waals surface area contributed by atoms with Crippen molar-refractivity contribution in [2.24, 2.45) is 17.3 Å². The first-order valence-electron chi connectivity index (χ1n) is 7.12. The van der Waals surface area contributed by atoms with Crippen molar-refractivity contribution in [1.29, 1.82) is 0 Å². The number of rotatable bonds is 2. The van der Waals surface area contributed by atoms with Gasteiger partial charge in [-0.1, -0.05) is 25.2 Å². The number of fused-ring (bicyclic) bond motifs is 1. The summed E-state index contributed by atoms with van der Waals surface area (Å²) < 4.78 is 4.71. The quantitative estimate of drug-likeness (QED) is 0.460. The van der Waals surface area contributed by atoms with Crippen LogP contribution in [-0.4, -0.2) is 35.5 Å². The minimum atomic E-state index is -0.702. The molecule has 4 nitrogen and oxygen atoms in total. The van der Waals surface area contributed by atoms with E-state index >= 15 is 0 Å². The zero-order valence-electron chi connectivity index (χ0n) is 12.4. The first-order valence-corrected chi connectivity index (χ1v) is 7.12. The smallest absolute Gasteiger partial charge is 0.333 e. The van der Waals surface area contributed by atoms with Gasteiger partial charge in [0.1, 0.15) is 0 Å². The summed E-state index contributed by atoms with van der Waals surface area (Å²) in [6, 6.07) is 0. The lowest BCUT2D eigenvalue weighted by atomic mass is 9.55. The average molecular weight is 280 g/mol. The topological polar surface area (TPSA) is 66.8 Å². The molecule has 0 spiro atoms. The third-order valence-corrected chi connectivity index (χ3v) is 5.27. The van der Waals surface area contributed by atoms with Crippen LogP contribution in [-0.2, 0) is 9.53 Å². The third kappa shape index (κ3) is 2.21. The molecular weight excluding hydrogens is 256 g/mol. The van der Waals surface area contributed by atoms with Crippen LogP contribution in [0.2, 0.25) is 0 Å². The first-order chi connectivity index (χ1) is 9.32. The standard InChI is InChI=1S/C16H24O4/c1-9-5-6-12(17)16(3)8-7-11(14(18)13(9)16)10(2)15(19)20-4/h5,11-14,17-18H,2,6-8H2,1,3-4H3/t11-,12-,13+,14-,16-/m1/s1. The van der Waals surface area contributed by atoms with Gasteiger partial charge in [-0.25, -0.2) is 4.79 Å². The molecule has 1 saturated carbocycles. The van der Waals surface area contributed by atoms with Crippen molar-refractivity contribution in [1.82, 2.24) is 0 Å². The zero-order chi connectivity index (χ0) is 15.1. The molecule has 0 aliphatic heterocycles. The Morgan fingerprint density at radius 1 is 1.50 bits per heavy atom. The normalized spacial score (nSPS) is 40.5. The number of carbonyl (C=O) groups excluding carboxylic acids is 1. The molecule has 0 radical (unpaired) electrons. The Bertz CT molecular complexity index is 453. The fourth-order valence-corrected chi connectivity index (χ4v) is 3.94. The molecule has 2 aliphatic rings. The van der Waals surface area contributed by atoms with Crippen LogP contribution in [0.25, 0.3) is 0 Å². The largest absolute Gasteiger partial charge is 0.466 e. The number of carbonyl (C=O) groups is 1. The van der Waals surface area contributed by atoms with Gasteiger partial charge in [0.2, 0.25) is 0 Å². The maximum Gasteiger partial charge on any atom is 0.333 e. The lowest BCUT2D eigenvalue weighted by Gasteiger charge is -2.52. The first kappa shape index (κ1) is 15.3. The molecule has 20 heavy (non-hydrogen) atoms. The second-order valence-corrected chi connectivity index (χ2v) is 6.34. The minimum Gasteiger partial charge on any atom is -0.466 e. The van der Waals surface area contributed by atoms with E-state index in [1.165, 1.54) is 7.11 Å². The predicted octanol–water partition coefficient (Wildman–Crippen LogP) is 1.82. The highest BCUT2D eigenvalue weighted by atomic mass is 16.5. The van der Waals surface area contributed by atoms with E-state index in [9.17, 15) is 15.0 Å². The number of aliphatic hydroxyl groups excluding tert-OH is 2. The molecule has 0 amide bonds. The van der Waals surface area contributed by atoms with Crippen LogP contribution in [0.4, 0.5) is 0 Å². The van der Waals surface area contributed by atoms with Crippen molar-refractivity contribution in [2.45, 2.75) is 45.3 Å². The average Bonchev–Trinajstić information content (AvgIpc) is 2.42. The molecule has 2 rings (SSSR count). The number of aliphatic hydroxyl groups is 2. The molecule has 0 bridgehead atoms. The van der Waals surface area contributed by atoms with Gasteiger partial charge in [0, 0.05) is 22.8 Å². The number of hydrogen-bond donors (Lipinski definition) is 2. The summed E-state index contributed by atoms with van der Waals surface area (Å²) in [5, 5.41) is 21.0. The van der Waals surface area contributed by atoms with E-state index in [2.05, 4.69) is 6.58 Å². The van der Waals surface area contributed by atoms with Crippen LogP contribution in [0.1, 0.15) is 33.1 Å². The third-order valence-electron chi connectivity index (χ3n) is 5.27. The second-order valence-electron chi connectivity index (χ2n) is 6.34. The summed E-state index contributed by atoms with van der Waals surface area (Å²) in [5.74, 6) is -0.892. The van der Waals surface area contributed by atoms with E-state index < -0.39 is 18.2 Å². The highest BCUT2D eigenvalue weighted by molar-refractivity contribution is 5.88. The Hall–Kier alpha value is -1.13. The zero-order valence-corrected chi connectivity index (χ0v) is 12.4. The van der Waals surface area contributed by atoms with Gasteiger partial charge in [0.15, 0.2) is 0 Å². The number of hydrogen-bond acceptors (Lipinski definition) is 4.